The van der Waals surface area contributed by atoms with Crippen LogP contribution in [0.25, 0.3) is 5.52 Å². The average Bonchev–Trinajstić information content (AvgIpc) is 2.98. The molecule has 0 amide bonds. The van der Waals surface area contributed by atoms with E-state index in [0.717, 1.165) is 16.1 Å². The second kappa shape index (κ2) is 5.88. The van der Waals surface area contributed by atoms with E-state index in [1.807, 2.05) is 30.3 Å². The molecule has 120 valence electrons. The maximum Gasteiger partial charge on any atom is 0.435 e. The molecule has 3 rings (SSSR count). The molecule has 0 saturated carbocycles. The molecule has 1 unspecified atom stereocenters. The summed E-state index contributed by atoms with van der Waals surface area (Å²) in [5, 5.41) is 6.50. The number of rotatable bonds is 4. The molecule has 3 N–H and O–H groups in total. The van der Waals surface area contributed by atoms with Crippen molar-refractivity contribution in [2.24, 2.45) is 5.73 Å². The van der Waals surface area contributed by atoms with Crippen molar-refractivity contribution >= 4 is 11.3 Å². The van der Waals surface area contributed by atoms with Gasteiger partial charge in [-0.3, -0.25) is 0 Å². The normalized spacial score (nSPS) is 13.2. The van der Waals surface area contributed by atoms with E-state index < -0.39 is 11.9 Å². The topological polar surface area (TPSA) is 68.2 Å². The van der Waals surface area contributed by atoms with Gasteiger partial charge in [0.2, 0.25) is 0 Å². The monoisotopic (exact) mass is 321 g/mol. The lowest BCUT2D eigenvalue weighted by molar-refractivity contribution is -0.141. The number of anilines is 1. The SMILES string of the molecule is NC(CNc1nccn2nc(C(F)(F)F)cc12)c1ccccc1. The molecule has 0 aliphatic carbocycles. The van der Waals surface area contributed by atoms with Crippen LogP contribution in [0.5, 0.6) is 0 Å². The summed E-state index contributed by atoms with van der Waals surface area (Å²) in [5.41, 5.74) is 6.29. The number of benzene rings is 1. The number of halogens is 3. The molecular weight excluding hydrogens is 307 g/mol. The summed E-state index contributed by atoms with van der Waals surface area (Å²) in [4.78, 5) is 4.07. The van der Waals surface area contributed by atoms with Crippen LogP contribution in [0.2, 0.25) is 0 Å². The van der Waals surface area contributed by atoms with Crippen molar-refractivity contribution < 1.29 is 13.2 Å². The lowest BCUT2D eigenvalue weighted by Gasteiger charge is -2.13. The lowest BCUT2D eigenvalue weighted by Crippen LogP contribution is -2.21. The molecule has 8 heteroatoms. The molecule has 0 radical (unpaired) electrons. The number of nitrogens with one attached hydrogen (secondary N) is 1. The van der Waals surface area contributed by atoms with Crippen LogP contribution in [-0.4, -0.2) is 21.1 Å². The summed E-state index contributed by atoms with van der Waals surface area (Å²) in [5.74, 6) is 0.307. The third kappa shape index (κ3) is 3.26. The highest BCUT2D eigenvalue weighted by Crippen LogP contribution is 2.30. The van der Waals surface area contributed by atoms with Gasteiger partial charge >= 0.3 is 6.18 Å². The minimum atomic E-state index is -4.50. The number of alkyl halides is 3. The molecular formula is C15H14F3N5. The van der Waals surface area contributed by atoms with Crippen LogP contribution in [0, 0.1) is 0 Å². The van der Waals surface area contributed by atoms with Crippen LogP contribution in [0.3, 0.4) is 0 Å². The molecule has 0 aliphatic rings. The third-order valence-corrected chi connectivity index (χ3v) is 3.40. The van der Waals surface area contributed by atoms with Gasteiger partial charge in [0.1, 0.15) is 5.52 Å². The Labute approximate surface area is 129 Å². The number of fused-ring (bicyclic) bond motifs is 1. The molecule has 0 bridgehead atoms. The summed E-state index contributed by atoms with van der Waals surface area (Å²) < 4.78 is 39.4. The Morgan fingerprint density at radius 3 is 2.65 bits per heavy atom. The highest BCUT2D eigenvalue weighted by atomic mass is 19.4. The smallest absolute Gasteiger partial charge is 0.366 e. The predicted octanol–water partition coefficient (Wildman–Crippen LogP) is 2.86. The number of nitrogens with zero attached hydrogens (tertiary/aromatic N) is 3. The number of nitrogens with two attached hydrogens (primary N) is 1. The Morgan fingerprint density at radius 2 is 1.96 bits per heavy atom. The van der Waals surface area contributed by atoms with Crippen LogP contribution in [-0.2, 0) is 6.18 Å². The fourth-order valence-corrected chi connectivity index (χ4v) is 2.22. The standard InChI is InChI=1S/C15H14F3N5/c16-15(17,18)13-8-12-14(20-6-7-23(12)22-13)21-9-11(19)10-4-2-1-3-5-10/h1-8,11H,9,19H2,(H,20,21). The van der Waals surface area contributed by atoms with E-state index in [1.165, 1.54) is 12.4 Å². The van der Waals surface area contributed by atoms with E-state index in [4.69, 9.17) is 5.73 Å². The van der Waals surface area contributed by atoms with E-state index in [0.29, 0.717) is 12.4 Å². The second-order valence-electron chi connectivity index (χ2n) is 5.03. The van der Waals surface area contributed by atoms with E-state index in [9.17, 15) is 13.2 Å². The first kappa shape index (κ1) is 15.3. The highest BCUT2D eigenvalue weighted by Gasteiger charge is 2.34. The maximum absolute atomic E-state index is 12.8. The minimum Gasteiger partial charge on any atom is -0.366 e. The van der Waals surface area contributed by atoms with Gasteiger partial charge in [-0.05, 0) is 5.56 Å². The van der Waals surface area contributed by atoms with Crippen molar-refractivity contribution in [1.29, 1.82) is 0 Å². The summed E-state index contributed by atoms with van der Waals surface area (Å²) in [6, 6.07) is 10.1. The quantitative estimate of drug-likeness (QED) is 0.775. The lowest BCUT2D eigenvalue weighted by atomic mass is 10.1. The van der Waals surface area contributed by atoms with Crippen molar-refractivity contribution in [3.8, 4) is 0 Å². The van der Waals surface area contributed by atoms with Gasteiger partial charge in [-0.2, -0.15) is 18.3 Å². The molecule has 1 atom stereocenters. The molecule has 3 aromatic rings. The molecule has 0 aliphatic heterocycles. The molecule has 23 heavy (non-hydrogen) atoms. The largest absolute Gasteiger partial charge is 0.435 e. The van der Waals surface area contributed by atoms with Crippen LogP contribution >= 0.6 is 0 Å². The Hall–Kier alpha value is -2.61. The summed E-state index contributed by atoms with van der Waals surface area (Å²) in [6.07, 6.45) is -1.74. The molecule has 2 heterocycles. The second-order valence-corrected chi connectivity index (χ2v) is 5.03. The first-order valence-corrected chi connectivity index (χ1v) is 6.91. The number of hydrogen-bond acceptors (Lipinski definition) is 4. The molecule has 1 aromatic carbocycles. The predicted molar refractivity (Wildman–Crippen MR) is 79.8 cm³/mol. The van der Waals surface area contributed by atoms with Crippen molar-refractivity contribution in [2.75, 3.05) is 11.9 Å². The van der Waals surface area contributed by atoms with E-state index in [-0.39, 0.29) is 11.6 Å². The van der Waals surface area contributed by atoms with Crippen LogP contribution in [0.1, 0.15) is 17.3 Å². The van der Waals surface area contributed by atoms with Gasteiger partial charge in [0, 0.05) is 31.0 Å². The van der Waals surface area contributed by atoms with Crippen LogP contribution in [0.15, 0.2) is 48.8 Å². The minimum absolute atomic E-state index is 0.250. The van der Waals surface area contributed by atoms with Gasteiger partial charge in [-0.1, -0.05) is 30.3 Å². The van der Waals surface area contributed by atoms with E-state index in [2.05, 4.69) is 15.4 Å². The van der Waals surface area contributed by atoms with Gasteiger partial charge in [-0.25, -0.2) is 9.50 Å². The number of aromatic nitrogens is 3. The number of hydrogen-bond donors (Lipinski definition) is 2. The fraction of sp³-hybridized carbons (Fsp3) is 0.200. The van der Waals surface area contributed by atoms with Gasteiger partial charge in [0.25, 0.3) is 0 Å². The molecule has 5 nitrogen and oxygen atoms in total. The molecule has 2 aromatic heterocycles. The first-order valence-electron chi connectivity index (χ1n) is 6.91. The Kier molecular flexibility index (Phi) is 3.91. The van der Waals surface area contributed by atoms with E-state index in [1.54, 1.807) is 0 Å². The molecule has 0 fully saturated rings. The summed E-state index contributed by atoms with van der Waals surface area (Å²) >= 11 is 0. The van der Waals surface area contributed by atoms with Gasteiger partial charge in [0.05, 0.1) is 0 Å². The van der Waals surface area contributed by atoms with Gasteiger partial charge in [-0.15, -0.1) is 0 Å². The highest BCUT2D eigenvalue weighted by molar-refractivity contribution is 5.68. The summed E-state index contributed by atoms with van der Waals surface area (Å²) in [6.45, 7) is 0.337. The van der Waals surface area contributed by atoms with Gasteiger partial charge < -0.3 is 11.1 Å². The van der Waals surface area contributed by atoms with Crippen molar-refractivity contribution in [2.45, 2.75) is 12.2 Å². The van der Waals surface area contributed by atoms with Crippen molar-refractivity contribution in [3.63, 3.8) is 0 Å². The Bertz CT molecular complexity index is 798. The third-order valence-electron chi connectivity index (χ3n) is 3.40. The zero-order valence-electron chi connectivity index (χ0n) is 12.0. The van der Waals surface area contributed by atoms with Crippen molar-refractivity contribution in [3.05, 3.63) is 60.0 Å². The zero-order valence-corrected chi connectivity index (χ0v) is 12.0. The molecule has 0 saturated heterocycles. The fourth-order valence-electron chi connectivity index (χ4n) is 2.22. The van der Waals surface area contributed by atoms with E-state index >= 15 is 0 Å². The average molecular weight is 321 g/mol. The van der Waals surface area contributed by atoms with Crippen LogP contribution < -0.4 is 11.1 Å². The Balaban J connectivity index is 1.82. The zero-order chi connectivity index (χ0) is 16.4. The van der Waals surface area contributed by atoms with Crippen LogP contribution in [0.4, 0.5) is 19.0 Å². The Morgan fingerprint density at radius 1 is 1.22 bits per heavy atom. The molecule has 0 spiro atoms. The van der Waals surface area contributed by atoms with Crippen molar-refractivity contribution in [1.82, 2.24) is 14.6 Å². The summed E-state index contributed by atoms with van der Waals surface area (Å²) in [7, 11) is 0. The maximum atomic E-state index is 12.8. The first-order chi connectivity index (χ1) is 10.9. The van der Waals surface area contributed by atoms with Gasteiger partial charge in [0.15, 0.2) is 11.5 Å².